The van der Waals surface area contributed by atoms with Gasteiger partial charge in [-0.2, -0.15) is 0 Å². The van der Waals surface area contributed by atoms with Gasteiger partial charge in [0.15, 0.2) is 0 Å². The summed E-state index contributed by atoms with van der Waals surface area (Å²) in [6, 6.07) is 0. The number of hydrogen-bond donors (Lipinski definition) is 0. The lowest BCUT2D eigenvalue weighted by molar-refractivity contribution is -0.144. The third-order valence-corrected chi connectivity index (χ3v) is 2.61. The molecule has 0 aliphatic carbocycles. The maximum Gasteiger partial charge on any atom is 0.306 e. The predicted octanol–water partition coefficient (Wildman–Crippen LogP) is 3.00. The van der Waals surface area contributed by atoms with Gasteiger partial charge in [0.2, 0.25) is 0 Å². The lowest BCUT2D eigenvalue weighted by atomic mass is 9.90. The maximum absolute atomic E-state index is 11.2. The molecule has 0 amide bonds. The van der Waals surface area contributed by atoms with Crippen LogP contribution in [-0.2, 0) is 9.53 Å². The predicted molar refractivity (Wildman–Crippen MR) is 58.0 cm³/mol. The summed E-state index contributed by atoms with van der Waals surface area (Å²) >= 11 is 3.40. The summed E-state index contributed by atoms with van der Waals surface area (Å²) in [5.41, 5.74) is 0. The van der Waals surface area contributed by atoms with Crippen LogP contribution in [0.4, 0.5) is 0 Å². The topological polar surface area (TPSA) is 26.3 Å². The molecule has 0 aromatic carbocycles. The number of rotatable bonds is 6. The zero-order valence-electron chi connectivity index (χ0n) is 8.68. The summed E-state index contributed by atoms with van der Waals surface area (Å²) in [5, 5.41) is 0.954. The second kappa shape index (κ2) is 7.36. The molecule has 1 atom stereocenters. The summed E-state index contributed by atoms with van der Waals surface area (Å²) in [5.74, 6) is 0.919. The summed E-state index contributed by atoms with van der Waals surface area (Å²) in [6.07, 6.45) is 1.59. The average molecular weight is 251 g/mol. The molecule has 0 rings (SSSR count). The molecule has 0 unspecified atom stereocenters. The van der Waals surface area contributed by atoms with Crippen LogP contribution in [0.2, 0.25) is 0 Å². The Morgan fingerprint density at radius 1 is 1.46 bits per heavy atom. The van der Waals surface area contributed by atoms with Crippen LogP contribution in [0.5, 0.6) is 0 Å². The molecule has 13 heavy (non-hydrogen) atoms. The van der Waals surface area contributed by atoms with Gasteiger partial charge in [-0.3, -0.25) is 4.79 Å². The van der Waals surface area contributed by atoms with Crippen molar-refractivity contribution in [2.45, 2.75) is 33.6 Å². The molecule has 0 aliphatic rings. The van der Waals surface area contributed by atoms with Crippen LogP contribution >= 0.6 is 15.9 Å². The number of carbonyl (C=O) groups excluding carboxylic acids is 1. The van der Waals surface area contributed by atoms with Gasteiger partial charge in [-0.1, -0.05) is 29.8 Å². The van der Waals surface area contributed by atoms with Gasteiger partial charge in [-0.25, -0.2) is 0 Å². The van der Waals surface area contributed by atoms with Gasteiger partial charge in [0.05, 0.1) is 6.61 Å². The Bertz CT molecular complexity index is 146. The number of hydrogen-bond acceptors (Lipinski definition) is 2. The lowest BCUT2D eigenvalue weighted by Gasteiger charge is -2.18. The number of esters is 1. The molecule has 0 aromatic rings. The average Bonchev–Trinajstić information content (AvgIpc) is 2.04. The van der Waals surface area contributed by atoms with Crippen LogP contribution in [0.3, 0.4) is 0 Å². The Balaban J connectivity index is 3.86. The first-order chi connectivity index (χ1) is 6.11. The fourth-order valence-electron chi connectivity index (χ4n) is 1.25. The monoisotopic (exact) mass is 250 g/mol. The Morgan fingerprint density at radius 2 is 2.08 bits per heavy atom. The second-order valence-corrected chi connectivity index (χ2v) is 4.28. The number of carbonyl (C=O) groups is 1. The van der Waals surface area contributed by atoms with Crippen molar-refractivity contribution in [2.75, 3.05) is 11.9 Å². The minimum absolute atomic E-state index is 0.0675. The first-order valence-electron chi connectivity index (χ1n) is 4.83. The molecular weight excluding hydrogens is 232 g/mol. The zero-order valence-corrected chi connectivity index (χ0v) is 10.3. The van der Waals surface area contributed by atoms with Gasteiger partial charge in [0.25, 0.3) is 0 Å². The molecular formula is C10H19BrO2. The van der Waals surface area contributed by atoms with E-state index in [0.717, 1.165) is 11.8 Å². The summed E-state index contributed by atoms with van der Waals surface area (Å²) < 4.78 is 4.91. The molecule has 0 saturated heterocycles. The highest BCUT2D eigenvalue weighted by Gasteiger charge is 2.17. The van der Waals surface area contributed by atoms with E-state index >= 15 is 0 Å². The van der Waals surface area contributed by atoms with Crippen molar-refractivity contribution in [3.8, 4) is 0 Å². The number of ether oxygens (including phenoxy) is 1. The van der Waals surface area contributed by atoms with Gasteiger partial charge < -0.3 is 4.74 Å². The van der Waals surface area contributed by atoms with Crippen molar-refractivity contribution in [3.63, 3.8) is 0 Å². The molecule has 0 fully saturated rings. The van der Waals surface area contributed by atoms with Crippen LogP contribution in [0.1, 0.15) is 33.6 Å². The van der Waals surface area contributed by atoms with E-state index in [1.165, 1.54) is 0 Å². The van der Waals surface area contributed by atoms with E-state index in [4.69, 9.17) is 4.74 Å². The second-order valence-electron chi connectivity index (χ2n) is 3.49. The van der Waals surface area contributed by atoms with Crippen molar-refractivity contribution in [3.05, 3.63) is 0 Å². The Labute approximate surface area is 89.2 Å². The third kappa shape index (κ3) is 6.08. The number of alkyl halides is 1. The fraction of sp³-hybridized carbons (Fsp3) is 0.900. The largest absolute Gasteiger partial charge is 0.466 e. The van der Waals surface area contributed by atoms with E-state index in [-0.39, 0.29) is 5.97 Å². The highest BCUT2D eigenvalue weighted by molar-refractivity contribution is 9.09. The molecule has 78 valence electrons. The third-order valence-electron chi connectivity index (χ3n) is 2.16. The van der Waals surface area contributed by atoms with Gasteiger partial charge in [-0.05, 0) is 25.2 Å². The van der Waals surface area contributed by atoms with Crippen molar-refractivity contribution < 1.29 is 9.53 Å². The van der Waals surface area contributed by atoms with Gasteiger partial charge in [0.1, 0.15) is 0 Å². The molecule has 0 saturated carbocycles. The van der Waals surface area contributed by atoms with Crippen LogP contribution in [0.15, 0.2) is 0 Å². The van der Waals surface area contributed by atoms with Crippen molar-refractivity contribution in [2.24, 2.45) is 11.8 Å². The SMILES string of the molecule is CCOC(=O)C[C@@H](CCBr)C(C)C. The Morgan fingerprint density at radius 3 is 2.46 bits per heavy atom. The van der Waals surface area contributed by atoms with Crippen LogP contribution in [0, 0.1) is 11.8 Å². The van der Waals surface area contributed by atoms with E-state index in [1.807, 2.05) is 6.92 Å². The van der Waals surface area contributed by atoms with Gasteiger partial charge >= 0.3 is 5.97 Å². The van der Waals surface area contributed by atoms with E-state index in [2.05, 4.69) is 29.8 Å². The van der Waals surface area contributed by atoms with Crippen molar-refractivity contribution >= 4 is 21.9 Å². The first kappa shape index (κ1) is 12.9. The normalized spacial score (nSPS) is 13.0. The Kier molecular flexibility index (Phi) is 7.33. The Hall–Kier alpha value is -0.0500. The zero-order chi connectivity index (χ0) is 10.3. The summed E-state index contributed by atoms with van der Waals surface area (Å²) in [6.45, 7) is 6.61. The molecule has 0 N–H and O–H groups in total. The molecule has 2 nitrogen and oxygen atoms in total. The van der Waals surface area contributed by atoms with Crippen molar-refractivity contribution in [1.82, 2.24) is 0 Å². The summed E-state index contributed by atoms with van der Waals surface area (Å²) in [4.78, 5) is 11.2. The quantitative estimate of drug-likeness (QED) is 0.535. The smallest absolute Gasteiger partial charge is 0.306 e. The van der Waals surface area contributed by atoms with E-state index < -0.39 is 0 Å². The maximum atomic E-state index is 11.2. The fourth-order valence-corrected chi connectivity index (χ4v) is 1.83. The van der Waals surface area contributed by atoms with Crippen LogP contribution < -0.4 is 0 Å². The summed E-state index contributed by atoms with van der Waals surface area (Å²) in [7, 11) is 0. The van der Waals surface area contributed by atoms with E-state index in [0.29, 0.717) is 24.9 Å². The number of halogens is 1. The van der Waals surface area contributed by atoms with Crippen LogP contribution in [0.25, 0.3) is 0 Å². The molecule has 0 heterocycles. The van der Waals surface area contributed by atoms with Crippen molar-refractivity contribution in [1.29, 1.82) is 0 Å². The van der Waals surface area contributed by atoms with Gasteiger partial charge in [-0.15, -0.1) is 0 Å². The first-order valence-corrected chi connectivity index (χ1v) is 5.95. The van der Waals surface area contributed by atoms with E-state index in [1.54, 1.807) is 0 Å². The van der Waals surface area contributed by atoms with E-state index in [9.17, 15) is 4.79 Å². The highest BCUT2D eigenvalue weighted by atomic mass is 79.9. The molecule has 3 heteroatoms. The molecule has 0 spiro atoms. The molecule has 0 radical (unpaired) electrons. The highest BCUT2D eigenvalue weighted by Crippen LogP contribution is 2.20. The molecule has 0 aliphatic heterocycles. The minimum Gasteiger partial charge on any atom is -0.466 e. The van der Waals surface area contributed by atoms with Crippen LogP contribution in [-0.4, -0.2) is 17.9 Å². The molecule has 0 bridgehead atoms. The standard InChI is InChI=1S/C10H19BrO2/c1-4-13-10(12)7-9(5-6-11)8(2)3/h8-9H,4-7H2,1-3H3/t9-/m1/s1. The minimum atomic E-state index is -0.0675. The lowest BCUT2D eigenvalue weighted by Crippen LogP contribution is -2.16. The van der Waals surface area contributed by atoms with Gasteiger partial charge in [0, 0.05) is 11.8 Å². The molecule has 0 aromatic heterocycles.